The quantitative estimate of drug-likeness (QED) is 0.491. The Kier molecular flexibility index (Phi) is 7.36. The Morgan fingerprint density at radius 1 is 1.33 bits per heavy atom. The Labute approximate surface area is 107 Å². The van der Waals surface area contributed by atoms with Crippen LogP contribution in [-0.2, 0) is 19.1 Å². The molecule has 18 heavy (non-hydrogen) atoms. The molecule has 0 bridgehead atoms. The maximum Gasteiger partial charge on any atom is 0.309 e. The Balaban J connectivity index is 2.03. The first kappa shape index (κ1) is 14.9. The van der Waals surface area contributed by atoms with Gasteiger partial charge in [-0.05, 0) is 26.2 Å². The third kappa shape index (κ3) is 5.97. The second kappa shape index (κ2) is 8.88. The molecule has 0 spiro atoms. The molecule has 0 aromatic heterocycles. The van der Waals surface area contributed by atoms with E-state index in [2.05, 4.69) is 10.6 Å². The highest BCUT2D eigenvalue weighted by molar-refractivity contribution is 6.35. The Hall–Kier alpha value is -1.14. The zero-order valence-corrected chi connectivity index (χ0v) is 10.9. The van der Waals surface area contributed by atoms with Crippen molar-refractivity contribution < 1.29 is 19.1 Å². The van der Waals surface area contributed by atoms with Gasteiger partial charge in [0.1, 0.15) is 0 Å². The standard InChI is InChI=1S/C12H22N2O4/c1-2-17-7-4-6-13-11(15)12(16)14-9-10-5-3-8-18-10/h10H,2-9H2,1H3,(H,13,15)(H,14,16)/t10-/m1/s1. The Morgan fingerprint density at radius 3 is 2.78 bits per heavy atom. The monoisotopic (exact) mass is 258 g/mol. The molecule has 0 aliphatic carbocycles. The summed E-state index contributed by atoms with van der Waals surface area (Å²) in [6, 6.07) is 0. The molecule has 0 saturated carbocycles. The van der Waals surface area contributed by atoms with Gasteiger partial charge in [0.15, 0.2) is 0 Å². The first-order valence-electron chi connectivity index (χ1n) is 6.49. The van der Waals surface area contributed by atoms with E-state index in [-0.39, 0.29) is 6.10 Å². The fourth-order valence-electron chi connectivity index (χ4n) is 1.69. The summed E-state index contributed by atoms with van der Waals surface area (Å²) in [5, 5.41) is 5.11. The summed E-state index contributed by atoms with van der Waals surface area (Å²) in [5.74, 6) is -1.19. The number of carbonyl (C=O) groups is 2. The van der Waals surface area contributed by atoms with E-state index in [1.807, 2.05) is 6.92 Å². The molecule has 1 saturated heterocycles. The van der Waals surface area contributed by atoms with Crippen LogP contribution in [0.4, 0.5) is 0 Å². The molecule has 0 aromatic rings. The van der Waals surface area contributed by atoms with Gasteiger partial charge >= 0.3 is 11.8 Å². The molecule has 6 nitrogen and oxygen atoms in total. The van der Waals surface area contributed by atoms with Gasteiger partial charge in [0.05, 0.1) is 6.10 Å². The van der Waals surface area contributed by atoms with E-state index in [0.717, 1.165) is 19.4 Å². The normalized spacial score (nSPS) is 18.6. The van der Waals surface area contributed by atoms with Crippen molar-refractivity contribution in [3.63, 3.8) is 0 Å². The lowest BCUT2D eigenvalue weighted by Crippen LogP contribution is -2.43. The molecule has 1 aliphatic rings. The van der Waals surface area contributed by atoms with Crippen LogP contribution in [0.1, 0.15) is 26.2 Å². The molecular formula is C12H22N2O4. The lowest BCUT2D eigenvalue weighted by Gasteiger charge is -2.10. The van der Waals surface area contributed by atoms with Crippen molar-refractivity contribution >= 4 is 11.8 Å². The molecule has 1 rings (SSSR count). The van der Waals surface area contributed by atoms with Crippen molar-refractivity contribution in [2.45, 2.75) is 32.3 Å². The van der Waals surface area contributed by atoms with Crippen molar-refractivity contribution in [3.8, 4) is 0 Å². The third-order valence-corrected chi connectivity index (χ3v) is 2.68. The van der Waals surface area contributed by atoms with E-state index < -0.39 is 11.8 Å². The fraction of sp³-hybridized carbons (Fsp3) is 0.833. The van der Waals surface area contributed by atoms with Gasteiger partial charge in [-0.3, -0.25) is 9.59 Å². The zero-order valence-electron chi connectivity index (χ0n) is 10.9. The summed E-state index contributed by atoms with van der Waals surface area (Å²) in [4.78, 5) is 22.8. The van der Waals surface area contributed by atoms with Crippen LogP contribution in [-0.4, -0.2) is 50.8 Å². The van der Waals surface area contributed by atoms with Gasteiger partial charge in [-0.15, -0.1) is 0 Å². The number of carbonyl (C=O) groups excluding carboxylic acids is 2. The molecule has 0 radical (unpaired) electrons. The minimum absolute atomic E-state index is 0.0553. The van der Waals surface area contributed by atoms with Crippen LogP contribution >= 0.6 is 0 Å². The number of ether oxygens (including phenoxy) is 2. The average Bonchev–Trinajstić information content (AvgIpc) is 2.88. The van der Waals surface area contributed by atoms with Crippen LogP contribution in [0.5, 0.6) is 0 Å². The molecule has 1 atom stereocenters. The van der Waals surface area contributed by atoms with Gasteiger partial charge in [0.2, 0.25) is 0 Å². The Morgan fingerprint density at radius 2 is 2.11 bits per heavy atom. The summed E-state index contributed by atoms with van der Waals surface area (Å²) in [6.45, 7) is 4.77. The van der Waals surface area contributed by atoms with E-state index >= 15 is 0 Å². The number of hydrogen-bond acceptors (Lipinski definition) is 4. The molecule has 1 heterocycles. The van der Waals surface area contributed by atoms with Gasteiger partial charge < -0.3 is 20.1 Å². The SMILES string of the molecule is CCOCCCNC(=O)C(=O)NC[C@H]1CCCO1. The van der Waals surface area contributed by atoms with Gasteiger partial charge in [0, 0.05) is 32.9 Å². The molecule has 2 N–H and O–H groups in total. The number of rotatable bonds is 7. The maximum atomic E-state index is 11.4. The van der Waals surface area contributed by atoms with Gasteiger partial charge in [-0.1, -0.05) is 0 Å². The topological polar surface area (TPSA) is 76.7 Å². The van der Waals surface area contributed by atoms with E-state index in [1.54, 1.807) is 0 Å². The van der Waals surface area contributed by atoms with Crippen LogP contribution in [0.3, 0.4) is 0 Å². The molecule has 6 heteroatoms. The molecular weight excluding hydrogens is 236 g/mol. The highest BCUT2D eigenvalue weighted by atomic mass is 16.5. The molecule has 0 unspecified atom stereocenters. The third-order valence-electron chi connectivity index (χ3n) is 2.68. The number of hydrogen-bond donors (Lipinski definition) is 2. The molecule has 0 aromatic carbocycles. The van der Waals surface area contributed by atoms with E-state index in [0.29, 0.717) is 32.7 Å². The van der Waals surface area contributed by atoms with E-state index in [1.165, 1.54) is 0 Å². The molecule has 1 fully saturated rings. The van der Waals surface area contributed by atoms with Crippen molar-refractivity contribution in [2.75, 3.05) is 32.9 Å². The van der Waals surface area contributed by atoms with Crippen LogP contribution in [0, 0.1) is 0 Å². The summed E-state index contributed by atoms with van der Waals surface area (Å²) in [7, 11) is 0. The average molecular weight is 258 g/mol. The lowest BCUT2D eigenvalue weighted by molar-refractivity contribution is -0.139. The fourth-order valence-corrected chi connectivity index (χ4v) is 1.69. The Bertz CT molecular complexity index is 265. The maximum absolute atomic E-state index is 11.4. The second-order valence-electron chi connectivity index (χ2n) is 4.15. The highest BCUT2D eigenvalue weighted by Gasteiger charge is 2.18. The minimum Gasteiger partial charge on any atom is -0.382 e. The zero-order chi connectivity index (χ0) is 13.2. The van der Waals surface area contributed by atoms with Crippen LogP contribution < -0.4 is 10.6 Å². The summed E-state index contributed by atoms with van der Waals surface area (Å²) in [6.07, 6.45) is 2.72. The van der Waals surface area contributed by atoms with Gasteiger partial charge in [-0.25, -0.2) is 0 Å². The first-order valence-corrected chi connectivity index (χ1v) is 6.49. The van der Waals surface area contributed by atoms with E-state index in [4.69, 9.17) is 9.47 Å². The number of nitrogens with one attached hydrogen (secondary N) is 2. The largest absolute Gasteiger partial charge is 0.382 e. The summed E-state index contributed by atoms with van der Waals surface area (Å²) in [5.41, 5.74) is 0. The van der Waals surface area contributed by atoms with Crippen LogP contribution in [0.2, 0.25) is 0 Å². The molecule has 1 aliphatic heterocycles. The first-order chi connectivity index (χ1) is 8.74. The van der Waals surface area contributed by atoms with Crippen molar-refractivity contribution in [3.05, 3.63) is 0 Å². The van der Waals surface area contributed by atoms with Crippen molar-refractivity contribution in [1.29, 1.82) is 0 Å². The van der Waals surface area contributed by atoms with Gasteiger partial charge in [-0.2, -0.15) is 0 Å². The van der Waals surface area contributed by atoms with Crippen molar-refractivity contribution in [1.82, 2.24) is 10.6 Å². The minimum atomic E-state index is -0.595. The summed E-state index contributed by atoms with van der Waals surface area (Å²) >= 11 is 0. The highest BCUT2D eigenvalue weighted by Crippen LogP contribution is 2.10. The van der Waals surface area contributed by atoms with Gasteiger partial charge in [0.25, 0.3) is 0 Å². The smallest absolute Gasteiger partial charge is 0.309 e. The van der Waals surface area contributed by atoms with E-state index in [9.17, 15) is 9.59 Å². The predicted molar refractivity (Wildman–Crippen MR) is 66.1 cm³/mol. The van der Waals surface area contributed by atoms with Crippen molar-refractivity contribution in [2.24, 2.45) is 0 Å². The predicted octanol–water partition coefficient (Wildman–Crippen LogP) is -0.176. The lowest BCUT2D eigenvalue weighted by atomic mass is 10.2. The van der Waals surface area contributed by atoms with Crippen LogP contribution in [0.25, 0.3) is 0 Å². The second-order valence-corrected chi connectivity index (χ2v) is 4.15. The molecule has 2 amide bonds. The number of amides is 2. The molecule has 104 valence electrons. The van der Waals surface area contributed by atoms with Crippen LogP contribution in [0.15, 0.2) is 0 Å². The summed E-state index contributed by atoms with van der Waals surface area (Å²) < 4.78 is 10.5.